The first-order valence-corrected chi connectivity index (χ1v) is 7.84. The number of nitrogens with one attached hydrogen (secondary N) is 1. The van der Waals surface area contributed by atoms with Crippen molar-refractivity contribution in [3.63, 3.8) is 0 Å². The highest BCUT2D eigenvalue weighted by molar-refractivity contribution is 7.09. The van der Waals surface area contributed by atoms with Crippen molar-refractivity contribution in [3.05, 3.63) is 28.2 Å². The lowest BCUT2D eigenvalue weighted by Gasteiger charge is -2.25. The Morgan fingerprint density at radius 3 is 3.15 bits per heavy atom. The molecule has 0 amide bonds. The van der Waals surface area contributed by atoms with Crippen molar-refractivity contribution < 1.29 is 0 Å². The largest absolute Gasteiger partial charge is 0.315 e. The van der Waals surface area contributed by atoms with E-state index in [1.165, 1.54) is 0 Å². The van der Waals surface area contributed by atoms with Crippen molar-refractivity contribution in [2.75, 3.05) is 6.54 Å². The normalized spacial score (nSPS) is 15.8. The summed E-state index contributed by atoms with van der Waals surface area (Å²) in [6, 6.07) is 0.496. The van der Waals surface area contributed by atoms with Crippen LogP contribution in [0.4, 0.5) is 0 Å². The summed E-state index contributed by atoms with van der Waals surface area (Å²) in [7, 11) is 0. The lowest BCUT2D eigenvalue weighted by Crippen LogP contribution is -2.33. The van der Waals surface area contributed by atoms with Crippen LogP contribution < -0.4 is 5.32 Å². The minimum Gasteiger partial charge on any atom is -0.315 e. The minimum atomic E-state index is 0.496. The molecule has 0 fully saturated rings. The van der Waals surface area contributed by atoms with Gasteiger partial charge in [0.25, 0.3) is 0 Å². The van der Waals surface area contributed by atoms with E-state index in [1.54, 1.807) is 11.3 Å². The van der Waals surface area contributed by atoms with E-state index in [0.29, 0.717) is 6.04 Å². The van der Waals surface area contributed by atoms with Gasteiger partial charge in [0.1, 0.15) is 17.2 Å². The van der Waals surface area contributed by atoms with Crippen LogP contribution in [0, 0.1) is 0 Å². The molecule has 3 heterocycles. The van der Waals surface area contributed by atoms with Crippen LogP contribution in [-0.2, 0) is 26.2 Å². The lowest BCUT2D eigenvalue weighted by molar-refractivity contribution is 0.207. The first-order chi connectivity index (χ1) is 9.70. The average Bonchev–Trinajstić information content (AvgIpc) is 3.04. The van der Waals surface area contributed by atoms with Crippen molar-refractivity contribution >= 4 is 11.3 Å². The molecular formula is C13H20N6S. The second-order valence-electron chi connectivity index (χ2n) is 5.42. The maximum atomic E-state index is 4.69. The molecule has 1 aliphatic rings. The summed E-state index contributed by atoms with van der Waals surface area (Å²) >= 11 is 1.73. The Morgan fingerprint density at radius 2 is 2.30 bits per heavy atom. The van der Waals surface area contributed by atoms with Crippen molar-refractivity contribution in [3.8, 4) is 0 Å². The van der Waals surface area contributed by atoms with E-state index in [9.17, 15) is 0 Å². The van der Waals surface area contributed by atoms with Crippen LogP contribution in [0.2, 0.25) is 0 Å². The van der Waals surface area contributed by atoms with Gasteiger partial charge in [-0.05, 0) is 0 Å². The summed E-state index contributed by atoms with van der Waals surface area (Å²) < 4.78 is 2.12. The molecule has 108 valence electrons. The molecule has 1 aliphatic heterocycles. The summed E-state index contributed by atoms with van der Waals surface area (Å²) in [6.07, 6.45) is 1.81. The van der Waals surface area contributed by atoms with Crippen molar-refractivity contribution in [1.82, 2.24) is 30.0 Å². The van der Waals surface area contributed by atoms with Gasteiger partial charge < -0.3 is 9.88 Å². The number of fused-ring (bicyclic) bond motifs is 1. The Balaban J connectivity index is 1.56. The molecule has 0 aromatic carbocycles. The van der Waals surface area contributed by atoms with Crippen molar-refractivity contribution in [1.29, 1.82) is 0 Å². The highest BCUT2D eigenvalue weighted by Crippen LogP contribution is 2.15. The summed E-state index contributed by atoms with van der Waals surface area (Å²) in [5.41, 5.74) is 1.16. The van der Waals surface area contributed by atoms with Crippen LogP contribution in [-0.4, -0.2) is 37.2 Å². The topological polar surface area (TPSA) is 58.9 Å². The molecular weight excluding hydrogens is 272 g/mol. The van der Waals surface area contributed by atoms with E-state index in [-0.39, 0.29) is 0 Å². The number of rotatable bonds is 5. The molecule has 0 radical (unpaired) electrons. The molecule has 3 rings (SSSR count). The van der Waals surface area contributed by atoms with Gasteiger partial charge in [-0.1, -0.05) is 13.8 Å². The van der Waals surface area contributed by atoms with Gasteiger partial charge >= 0.3 is 0 Å². The van der Waals surface area contributed by atoms with Gasteiger partial charge in [0, 0.05) is 37.6 Å². The van der Waals surface area contributed by atoms with Crippen LogP contribution in [0.5, 0.6) is 0 Å². The Bertz CT molecular complexity index is 561. The summed E-state index contributed by atoms with van der Waals surface area (Å²) in [5, 5.41) is 14.8. The summed E-state index contributed by atoms with van der Waals surface area (Å²) in [4.78, 5) is 7.07. The maximum absolute atomic E-state index is 4.69. The molecule has 1 N–H and O–H groups in total. The van der Waals surface area contributed by atoms with Crippen LogP contribution in [0.25, 0.3) is 0 Å². The number of thiazole rings is 1. The molecule has 2 aromatic heterocycles. The molecule has 2 aromatic rings. The molecule has 20 heavy (non-hydrogen) atoms. The standard InChI is InChI=1S/C13H20N6S/c1-10(2)14-5-13-16-11(8-20-13)6-18-3-4-19-9-15-17-12(19)7-18/h8-10,14H,3-7H2,1-2H3. The molecule has 0 saturated carbocycles. The smallest absolute Gasteiger partial charge is 0.147 e. The Labute approximate surface area is 122 Å². The number of aromatic nitrogens is 4. The first-order valence-electron chi connectivity index (χ1n) is 6.96. The van der Waals surface area contributed by atoms with Crippen molar-refractivity contribution in [2.24, 2.45) is 0 Å². The van der Waals surface area contributed by atoms with Crippen molar-refractivity contribution in [2.45, 2.75) is 46.1 Å². The Kier molecular flexibility index (Phi) is 4.09. The zero-order chi connectivity index (χ0) is 13.9. The highest BCUT2D eigenvalue weighted by Gasteiger charge is 2.18. The van der Waals surface area contributed by atoms with E-state index in [0.717, 1.165) is 49.2 Å². The predicted molar refractivity (Wildman–Crippen MR) is 78.2 cm³/mol. The van der Waals surface area contributed by atoms with Crippen LogP contribution in [0.1, 0.15) is 30.4 Å². The number of hydrogen-bond donors (Lipinski definition) is 1. The van der Waals surface area contributed by atoms with E-state index >= 15 is 0 Å². The monoisotopic (exact) mass is 292 g/mol. The molecule has 0 aliphatic carbocycles. The van der Waals surface area contributed by atoms with Crippen LogP contribution in [0.3, 0.4) is 0 Å². The van der Waals surface area contributed by atoms with E-state index in [2.05, 4.69) is 44.2 Å². The fourth-order valence-corrected chi connectivity index (χ4v) is 3.01. The minimum absolute atomic E-state index is 0.496. The maximum Gasteiger partial charge on any atom is 0.147 e. The van der Waals surface area contributed by atoms with Gasteiger partial charge in [-0.15, -0.1) is 21.5 Å². The van der Waals surface area contributed by atoms with Gasteiger partial charge in [0.15, 0.2) is 0 Å². The van der Waals surface area contributed by atoms with Gasteiger partial charge in [0.05, 0.1) is 12.2 Å². The molecule has 7 heteroatoms. The molecule has 0 spiro atoms. The van der Waals surface area contributed by atoms with E-state index in [1.807, 2.05) is 6.33 Å². The van der Waals surface area contributed by atoms with E-state index < -0.39 is 0 Å². The SMILES string of the molecule is CC(C)NCc1nc(CN2CCn3cnnc3C2)cs1. The molecule has 0 unspecified atom stereocenters. The van der Waals surface area contributed by atoms with Gasteiger partial charge in [0.2, 0.25) is 0 Å². The molecule has 6 nitrogen and oxygen atoms in total. The lowest BCUT2D eigenvalue weighted by atomic mass is 10.3. The summed E-state index contributed by atoms with van der Waals surface area (Å²) in [6.45, 7) is 8.91. The first kappa shape index (κ1) is 13.7. The number of hydrogen-bond acceptors (Lipinski definition) is 6. The van der Waals surface area contributed by atoms with Gasteiger partial charge in [-0.2, -0.15) is 0 Å². The third kappa shape index (κ3) is 3.23. The van der Waals surface area contributed by atoms with Crippen LogP contribution >= 0.6 is 11.3 Å². The number of nitrogens with zero attached hydrogens (tertiary/aromatic N) is 5. The highest BCUT2D eigenvalue weighted by atomic mass is 32.1. The van der Waals surface area contributed by atoms with Crippen LogP contribution in [0.15, 0.2) is 11.7 Å². The zero-order valence-corrected chi connectivity index (χ0v) is 12.7. The molecule has 0 atom stereocenters. The fourth-order valence-electron chi connectivity index (χ4n) is 2.27. The fraction of sp³-hybridized carbons (Fsp3) is 0.615. The summed E-state index contributed by atoms with van der Waals surface area (Å²) in [5.74, 6) is 1.05. The molecule has 0 bridgehead atoms. The Morgan fingerprint density at radius 1 is 1.40 bits per heavy atom. The molecule has 0 saturated heterocycles. The Hall–Kier alpha value is -1.31. The quantitative estimate of drug-likeness (QED) is 0.899. The van der Waals surface area contributed by atoms with Gasteiger partial charge in [-0.3, -0.25) is 4.90 Å². The average molecular weight is 292 g/mol. The second kappa shape index (κ2) is 5.99. The third-order valence-electron chi connectivity index (χ3n) is 3.36. The predicted octanol–water partition coefficient (Wildman–Crippen LogP) is 1.25. The van der Waals surface area contributed by atoms with E-state index in [4.69, 9.17) is 4.98 Å². The third-order valence-corrected chi connectivity index (χ3v) is 4.26. The zero-order valence-electron chi connectivity index (χ0n) is 11.9. The second-order valence-corrected chi connectivity index (χ2v) is 6.36. The van der Waals surface area contributed by atoms with Gasteiger partial charge in [-0.25, -0.2) is 4.98 Å².